The van der Waals surface area contributed by atoms with Gasteiger partial charge in [0.15, 0.2) is 6.61 Å². The molecule has 0 aliphatic heterocycles. The van der Waals surface area contributed by atoms with Crippen molar-refractivity contribution in [2.45, 2.75) is 6.92 Å². The molecule has 0 atom stereocenters. The Morgan fingerprint density at radius 1 is 1.11 bits per heavy atom. The third kappa shape index (κ3) is 5.37. The van der Waals surface area contributed by atoms with Gasteiger partial charge in [0.05, 0.1) is 24.7 Å². The molecule has 0 bridgehead atoms. The Kier molecular flexibility index (Phi) is 6.34. The maximum atomic E-state index is 12.0. The predicted octanol–water partition coefficient (Wildman–Crippen LogP) is 4.81. The first kappa shape index (κ1) is 19.5. The summed E-state index contributed by atoms with van der Waals surface area (Å²) in [7, 11) is 1.58. The second kappa shape index (κ2) is 9.10. The van der Waals surface area contributed by atoms with E-state index in [2.05, 4.69) is 15.6 Å². The third-order valence-electron chi connectivity index (χ3n) is 3.86. The Labute approximate surface area is 168 Å². The lowest BCUT2D eigenvalue weighted by Gasteiger charge is -2.12. The highest BCUT2D eigenvalue weighted by molar-refractivity contribution is 6.31. The SMILES string of the molecule is COc1ccc(Cl)cc1Nc1ccc(NC(=O)COc2ccc(C)cc2)cn1. The van der Waals surface area contributed by atoms with Crippen LogP contribution in [0.3, 0.4) is 0 Å². The average Bonchev–Trinajstić information content (AvgIpc) is 2.69. The number of nitrogens with one attached hydrogen (secondary N) is 2. The van der Waals surface area contributed by atoms with E-state index in [0.29, 0.717) is 33.7 Å². The van der Waals surface area contributed by atoms with Crippen molar-refractivity contribution in [2.24, 2.45) is 0 Å². The van der Waals surface area contributed by atoms with Crippen LogP contribution < -0.4 is 20.1 Å². The number of pyridine rings is 1. The topological polar surface area (TPSA) is 72.5 Å². The van der Waals surface area contributed by atoms with Crippen LogP contribution in [0.4, 0.5) is 17.2 Å². The maximum Gasteiger partial charge on any atom is 0.262 e. The van der Waals surface area contributed by atoms with E-state index in [1.165, 1.54) is 0 Å². The van der Waals surface area contributed by atoms with Crippen molar-refractivity contribution >= 4 is 34.7 Å². The number of amides is 1. The van der Waals surface area contributed by atoms with E-state index in [4.69, 9.17) is 21.1 Å². The van der Waals surface area contributed by atoms with Gasteiger partial charge in [-0.15, -0.1) is 0 Å². The average molecular weight is 398 g/mol. The minimum absolute atomic E-state index is 0.0806. The summed E-state index contributed by atoms with van der Waals surface area (Å²) in [6, 6.07) is 16.3. The number of aryl methyl sites for hydroxylation is 1. The maximum absolute atomic E-state index is 12.0. The Morgan fingerprint density at radius 3 is 2.57 bits per heavy atom. The number of halogens is 1. The highest BCUT2D eigenvalue weighted by Gasteiger charge is 2.07. The monoisotopic (exact) mass is 397 g/mol. The molecule has 0 unspecified atom stereocenters. The molecule has 2 aromatic carbocycles. The van der Waals surface area contributed by atoms with E-state index < -0.39 is 0 Å². The second-order valence-electron chi connectivity index (χ2n) is 6.05. The van der Waals surface area contributed by atoms with Crippen LogP contribution in [0.1, 0.15) is 5.56 Å². The Hall–Kier alpha value is -3.25. The van der Waals surface area contributed by atoms with Gasteiger partial charge in [0.2, 0.25) is 0 Å². The number of methoxy groups -OCH3 is 1. The molecule has 0 spiro atoms. The number of rotatable bonds is 7. The van der Waals surface area contributed by atoms with E-state index in [0.717, 1.165) is 5.56 Å². The lowest BCUT2D eigenvalue weighted by Crippen LogP contribution is -2.20. The molecule has 0 saturated heterocycles. The largest absolute Gasteiger partial charge is 0.495 e. The molecule has 6 nitrogen and oxygen atoms in total. The lowest BCUT2D eigenvalue weighted by atomic mass is 10.2. The van der Waals surface area contributed by atoms with E-state index in [1.807, 2.05) is 31.2 Å². The zero-order valence-electron chi connectivity index (χ0n) is 15.5. The summed E-state index contributed by atoms with van der Waals surface area (Å²) in [5, 5.41) is 6.47. The van der Waals surface area contributed by atoms with Crippen LogP contribution in [0.5, 0.6) is 11.5 Å². The van der Waals surface area contributed by atoms with Crippen LogP contribution >= 0.6 is 11.6 Å². The summed E-state index contributed by atoms with van der Waals surface area (Å²) in [5.41, 5.74) is 2.40. The zero-order chi connectivity index (χ0) is 19.9. The molecule has 7 heteroatoms. The molecule has 3 rings (SSSR count). The van der Waals surface area contributed by atoms with Crippen molar-refractivity contribution in [2.75, 3.05) is 24.4 Å². The summed E-state index contributed by atoms with van der Waals surface area (Å²) < 4.78 is 10.8. The first-order valence-electron chi connectivity index (χ1n) is 8.59. The molecule has 0 saturated carbocycles. The minimum Gasteiger partial charge on any atom is -0.495 e. The van der Waals surface area contributed by atoms with Gasteiger partial charge in [-0.1, -0.05) is 29.3 Å². The van der Waals surface area contributed by atoms with Crippen molar-refractivity contribution in [1.29, 1.82) is 0 Å². The number of hydrogen-bond donors (Lipinski definition) is 2. The zero-order valence-corrected chi connectivity index (χ0v) is 16.3. The van der Waals surface area contributed by atoms with Gasteiger partial charge in [-0.05, 0) is 49.4 Å². The normalized spacial score (nSPS) is 10.2. The first-order valence-corrected chi connectivity index (χ1v) is 8.97. The fourth-order valence-corrected chi connectivity index (χ4v) is 2.61. The van der Waals surface area contributed by atoms with Gasteiger partial charge in [-0.2, -0.15) is 0 Å². The summed E-state index contributed by atoms with van der Waals surface area (Å²) in [6.07, 6.45) is 1.56. The van der Waals surface area contributed by atoms with Gasteiger partial charge in [0, 0.05) is 5.02 Å². The van der Waals surface area contributed by atoms with E-state index >= 15 is 0 Å². The van der Waals surface area contributed by atoms with Gasteiger partial charge in [0.25, 0.3) is 5.91 Å². The summed E-state index contributed by atoms with van der Waals surface area (Å²) in [5.74, 6) is 1.62. The molecule has 0 aliphatic carbocycles. The van der Waals surface area contributed by atoms with E-state index in [9.17, 15) is 4.79 Å². The van der Waals surface area contributed by atoms with Crippen molar-refractivity contribution in [3.63, 3.8) is 0 Å². The summed E-state index contributed by atoms with van der Waals surface area (Å²) >= 11 is 6.03. The third-order valence-corrected chi connectivity index (χ3v) is 4.10. The Balaban J connectivity index is 1.56. The van der Waals surface area contributed by atoms with Gasteiger partial charge < -0.3 is 20.1 Å². The van der Waals surface area contributed by atoms with Crippen LogP contribution in [-0.2, 0) is 4.79 Å². The van der Waals surface area contributed by atoms with Crippen LogP contribution in [0, 0.1) is 6.92 Å². The number of carbonyl (C=O) groups excluding carboxylic acids is 1. The molecule has 3 aromatic rings. The highest BCUT2D eigenvalue weighted by Crippen LogP contribution is 2.30. The molecule has 1 heterocycles. The minimum atomic E-state index is -0.264. The molecule has 28 heavy (non-hydrogen) atoms. The van der Waals surface area contributed by atoms with Gasteiger partial charge in [-0.3, -0.25) is 4.79 Å². The van der Waals surface area contributed by atoms with Crippen molar-refractivity contribution in [3.8, 4) is 11.5 Å². The predicted molar refractivity (Wildman–Crippen MR) is 111 cm³/mol. The lowest BCUT2D eigenvalue weighted by molar-refractivity contribution is -0.118. The molecule has 0 fully saturated rings. The van der Waals surface area contributed by atoms with Crippen LogP contribution in [0.2, 0.25) is 5.02 Å². The summed E-state index contributed by atoms with van der Waals surface area (Å²) in [6.45, 7) is 1.91. The number of aromatic nitrogens is 1. The van der Waals surface area contributed by atoms with Gasteiger partial charge >= 0.3 is 0 Å². The molecule has 0 aliphatic rings. The van der Waals surface area contributed by atoms with Crippen molar-refractivity contribution < 1.29 is 14.3 Å². The molecular weight excluding hydrogens is 378 g/mol. The number of nitrogens with zero attached hydrogens (tertiary/aromatic N) is 1. The number of hydrogen-bond acceptors (Lipinski definition) is 5. The molecule has 144 valence electrons. The van der Waals surface area contributed by atoms with Crippen molar-refractivity contribution in [3.05, 3.63) is 71.4 Å². The molecule has 0 radical (unpaired) electrons. The van der Waals surface area contributed by atoms with Crippen LogP contribution in [0.15, 0.2) is 60.8 Å². The van der Waals surface area contributed by atoms with Gasteiger partial charge in [-0.25, -0.2) is 4.98 Å². The quantitative estimate of drug-likeness (QED) is 0.598. The molecule has 2 N–H and O–H groups in total. The smallest absolute Gasteiger partial charge is 0.262 e. The Bertz CT molecular complexity index is 944. The van der Waals surface area contributed by atoms with E-state index in [1.54, 1.807) is 43.6 Å². The highest BCUT2D eigenvalue weighted by atomic mass is 35.5. The fourth-order valence-electron chi connectivity index (χ4n) is 2.44. The summed E-state index contributed by atoms with van der Waals surface area (Å²) in [4.78, 5) is 16.3. The standard InChI is InChI=1S/C21H20ClN3O3/c1-14-3-7-17(8-4-14)28-13-21(26)24-16-6-10-20(23-12-16)25-18-11-15(22)5-9-19(18)27-2/h3-12H,13H2,1-2H3,(H,23,25)(H,24,26). The number of benzene rings is 2. The number of ether oxygens (including phenoxy) is 2. The van der Waals surface area contributed by atoms with Crippen molar-refractivity contribution in [1.82, 2.24) is 4.98 Å². The second-order valence-corrected chi connectivity index (χ2v) is 6.49. The van der Waals surface area contributed by atoms with Gasteiger partial charge in [0.1, 0.15) is 17.3 Å². The molecule has 1 aromatic heterocycles. The van der Waals surface area contributed by atoms with E-state index in [-0.39, 0.29) is 12.5 Å². The van der Waals surface area contributed by atoms with Crippen LogP contribution in [-0.4, -0.2) is 24.6 Å². The Morgan fingerprint density at radius 2 is 1.89 bits per heavy atom. The van der Waals surface area contributed by atoms with Crippen LogP contribution in [0.25, 0.3) is 0 Å². The fraction of sp³-hybridized carbons (Fsp3) is 0.143. The molecular formula is C21H20ClN3O3. The number of anilines is 3. The molecule has 1 amide bonds. The first-order chi connectivity index (χ1) is 13.5. The number of carbonyl (C=O) groups is 1.